The zero-order chi connectivity index (χ0) is 17.9. The zero-order valence-electron chi connectivity index (χ0n) is 14.4. The average Bonchev–Trinajstić information content (AvgIpc) is 3.40. The Morgan fingerprint density at radius 3 is 2.88 bits per heavy atom. The topological polar surface area (TPSA) is 71.5 Å². The normalized spacial score (nSPS) is 19.9. The van der Waals surface area contributed by atoms with Gasteiger partial charge in [0.2, 0.25) is 11.8 Å². The Morgan fingerprint density at radius 1 is 1.31 bits per heavy atom. The van der Waals surface area contributed by atoms with Gasteiger partial charge in [0.1, 0.15) is 23.4 Å². The van der Waals surface area contributed by atoms with Crippen LogP contribution in [0.2, 0.25) is 0 Å². The Kier molecular flexibility index (Phi) is 4.88. The maximum absolute atomic E-state index is 12.7. The van der Waals surface area contributed by atoms with Gasteiger partial charge >= 0.3 is 0 Å². The lowest BCUT2D eigenvalue weighted by atomic mass is 10.1. The molecule has 1 unspecified atom stereocenters. The lowest BCUT2D eigenvalue weighted by Crippen LogP contribution is -2.58. The molecule has 26 heavy (non-hydrogen) atoms. The lowest BCUT2D eigenvalue weighted by molar-refractivity contribution is -0.143. The molecule has 2 aliphatic rings. The van der Waals surface area contributed by atoms with E-state index in [1.54, 1.807) is 4.90 Å². The van der Waals surface area contributed by atoms with Crippen molar-refractivity contribution in [1.82, 2.24) is 15.2 Å². The van der Waals surface area contributed by atoms with Gasteiger partial charge < -0.3 is 15.0 Å². The van der Waals surface area contributed by atoms with Crippen LogP contribution in [0.4, 0.5) is 0 Å². The third-order valence-corrected chi connectivity index (χ3v) is 5.55. The Balaban J connectivity index is 1.35. The average molecular weight is 371 g/mol. The number of aromatic nitrogens is 1. The number of amides is 2. The first-order chi connectivity index (χ1) is 12.7. The van der Waals surface area contributed by atoms with Gasteiger partial charge in [-0.25, -0.2) is 4.98 Å². The SMILES string of the molecule is O=C1NCCN(C(=O)Cc2csc(COc3ccccc3)n2)C1C1CC1. The van der Waals surface area contributed by atoms with E-state index in [4.69, 9.17) is 4.74 Å². The van der Waals surface area contributed by atoms with Gasteiger partial charge in [0.05, 0.1) is 12.1 Å². The molecule has 2 fully saturated rings. The van der Waals surface area contributed by atoms with Gasteiger partial charge in [-0.05, 0) is 30.9 Å². The number of piperazine rings is 1. The molecule has 2 aromatic rings. The minimum Gasteiger partial charge on any atom is -0.486 e. The molecule has 2 amide bonds. The number of carbonyl (C=O) groups is 2. The number of nitrogens with zero attached hydrogens (tertiary/aromatic N) is 2. The molecular weight excluding hydrogens is 350 g/mol. The van der Waals surface area contributed by atoms with Crippen LogP contribution in [-0.4, -0.2) is 40.8 Å². The summed E-state index contributed by atoms with van der Waals surface area (Å²) in [4.78, 5) is 31.1. The first kappa shape index (κ1) is 17.0. The fourth-order valence-corrected chi connectivity index (χ4v) is 3.96. The maximum Gasteiger partial charge on any atom is 0.243 e. The molecule has 6 nitrogen and oxygen atoms in total. The summed E-state index contributed by atoms with van der Waals surface area (Å²) in [6, 6.07) is 9.29. The molecule has 7 heteroatoms. The zero-order valence-corrected chi connectivity index (χ0v) is 15.2. The minimum atomic E-state index is -0.296. The number of carbonyl (C=O) groups excluding carboxylic acids is 2. The number of thiazole rings is 1. The van der Waals surface area contributed by atoms with Crippen LogP contribution in [0, 0.1) is 5.92 Å². The molecule has 1 saturated carbocycles. The molecule has 1 aromatic heterocycles. The van der Waals surface area contributed by atoms with Crippen LogP contribution in [0.15, 0.2) is 35.7 Å². The highest BCUT2D eigenvalue weighted by molar-refractivity contribution is 7.09. The van der Waals surface area contributed by atoms with Crippen molar-refractivity contribution in [3.8, 4) is 5.75 Å². The quantitative estimate of drug-likeness (QED) is 0.843. The predicted octanol–water partition coefficient (Wildman–Crippen LogP) is 2.00. The van der Waals surface area contributed by atoms with E-state index in [2.05, 4.69) is 10.3 Å². The summed E-state index contributed by atoms with van der Waals surface area (Å²) >= 11 is 1.49. The highest BCUT2D eigenvalue weighted by Crippen LogP contribution is 2.36. The van der Waals surface area contributed by atoms with Gasteiger partial charge in [-0.2, -0.15) is 0 Å². The van der Waals surface area contributed by atoms with Crippen molar-refractivity contribution in [1.29, 1.82) is 0 Å². The first-order valence-electron chi connectivity index (χ1n) is 8.89. The van der Waals surface area contributed by atoms with Crippen LogP contribution in [0.1, 0.15) is 23.5 Å². The molecule has 1 aliphatic carbocycles. The summed E-state index contributed by atoms with van der Waals surface area (Å²) in [7, 11) is 0. The number of para-hydroxylation sites is 1. The first-order valence-corrected chi connectivity index (χ1v) is 9.77. The standard InChI is InChI=1S/C19H21N3O3S/c23-17(22-9-8-20-19(24)18(22)13-6-7-13)10-14-12-26-16(21-14)11-25-15-4-2-1-3-5-15/h1-5,12-13,18H,6-11H2,(H,20,24). The van der Waals surface area contributed by atoms with E-state index in [1.165, 1.54) is 11.3 Å². The van der Waals surface area contributed by atoms with Crippen molar-refractivity contribution in [2.24, 2.45) is 5.92 Å². The van der Waals surface area contributed by atoms with Gasteiger partial charge in [0.25, 0.3) is 0 Å². The monoisotopic (exact) mass is 371 g/mol. The molecule has 0 radical (unpaired) electrons. The Morgan fingerprint density at radius 2 is 2.12 bits per heavy atom. The summed E-state index contributed by atoms with van der Waals surface area (Å²) in [6.07, 6.45) is 2.29. The molecule has 1 saturated heterocycles. The molecule has 0 spiro atoms. The van der Waals surface area contributed by atoms with Crippen molar-refractivity contribution in [2.75, 3.05) is 13.1 Å². The van der Waals surface area contributed by atoms with Crippen molar-refractivity contribution >= 4 is 23.2 Å². The molecule has 136 valence electrons. The Bertz CT molecular complexity index is 788. The summed E-state index contributed by atoms with van der Waals surface area (Å²) in [5.41, 5.74) is 0.743. The minimum absolute atomic E-state index is 0.0117. The number of hydrogen-bond acceptors (Lipinski definition) is 5. The largest absolute Gasteiger partial charge is 0.486 e. The third-order valence-electron chi connectivity index (χ3n) is 4.68. The summed E-state index contributed by atoms with van der Waals surface area (Å²) in [5, 5.41) is 5.62. The van der Waals surface area contributed by atoms with Crippen LogP contribution in [0.25, 0.3) is 0 Å². The van der Waals surface area contributed by atoms with Crippen molar-refractivity contribution in [2.45, 2.75) is 31.9 Å². The van der Waals surface area contributed by atoms with E-state index in [0.29, 0.717) is 25.6 Å². The highest BCUT2D eigenvalue weighted by atomic mass is 32.1. The number of ether oxygens (including phenoxy) is 1. The number of rotatable bonds is 6. The van der Waals surface area contributed by atoms with Gasteiger partial charge in [-0.3, -0.25) is 9.59 Å². The molecule has 0 bridgehead atoms. The molecule has 1 aromatic carbocycles. The Labute approximate surface area is 156 Å². The Hall–Kier alpha value is -2.41. The van der Waals surface area contributed by atoms with Crippen molar-refractivity contribution < 1.29 is 14.3 Å². The van der Waals surface area contributed by atoms with Gasteiger partial charge in [-0.1, -0.05) is 18.2 Å². The van der Waals surface area contributed by atoms with Gasteiger partial charge in [0, 0.05) is 18.5 Å². The number of hydrogen-bond donors (Lipinski definition) is 1. The lowest BCUT2D eigenvalue weighted by Gasteiger charge is -2.35. The van der Waals surface area contributed by atoms with E-state index in [-0.39, 0.29) is 24.3 Å². The second-order valence-corrected chi connectivity index (χ2v) is 7.61. The fourth-order valence-electron chi connectivity index (χ4n) is 3.26. The highest BCUT2D eigenvalue weighted by Gasteiger charge is 2.43. The summed E-state index contributed by atoms with van der Waals surface area (Å²) in [6.45, 7) is 1.50. The molecule has 1 atom stereocenters. The molecular formula is C19H21N3O3S. The smallest absolute Gasteiger partial charge is 0.243 e. The van der Waals surface area contributed by atoms with E-state index < -0.39 is 0 Å². The third kappa shape index (κ3) is 3.88. The number of nitrogens with one attached hydrogen (secondary N) is 1. The van der Waals surface area contributed by atoms with Crippen LogP contribution in [-0.2, 0) is 22.6 Å². The van der Waals surface area contributed by atoms with E-state index in [0.717, 1.165) is 29.3 Å². The second-order valence-electron chi connectivity index (χ2n) is 6.67. The van der Waals surface area contributed by atoms with Gasteiger partial charge in [0.15, 0.2) is 0 Å². The van der Waals surface area contributed by atoms with Crippen molar-refractivity contribution in [3.63, 3.8) is 0 Å². The van der Waals surface area contributed by atoms with Crippen LogP contribution < -0.4 is 10.1 Å². The maximum atomic E-state index is 12.7. The van der Waals surface area contributed by atoms with Crippen LogP contribution >= 0.6 is 11.3 Å². The van der Waals surface area contributed by atoms with Crippen LogP contribution in [0.5, 0.6) is 5.75 Å². The molecule has 2 heterocycles. The summed E-state index contributed by atoms with van der Waals surface area (Å²) < 4.78 is 5.70. The van der Waals surface area contributed by atoms with Crippen LogP contribution in [0.3, 0.4) is 0 Å². The number of benzene rings is 1. The fraction of sp³-hybridized carbons (Fsp3) is 0.421. The van der Waals surface area contributed by atoms with Crippen molar-refractivity contribution in [3.05, 3.63) is 46.4 Å². The van der Waals surface area contributed by atoms with E-state index >= 15 is 0 Å². The van der Waals surface area contributed by atoms with E-state index in [9.17, 15) is 9.59 Å². The van der Waals surface area contributed by atoms with E-state index in [1.807, 2.05) is 35.7 Å². The predicted molar refractivity (Wildman–Crippen MR) is 97.8 cm³/mol. The molecule has 4 rings (SSSR count). The molecule has 1 aliphatic heterocycles. The molecule has 1 N–H and O–H groups in total. The second kappa shape index (κ2) is 7.45. The summed E-state index contributed by atoms with van der Waals surface area (Å²) in [5.74, 6) is 1.09. The van der Waals surface area contributed by atoms with Gasteiger partial charge in [-0.15, -0.1) is 11.3 Å².